The highest BCUT2D eigenvalue weighted by Gasteiger charge is 2.38. The first kappa shape index (κ1) is 28.5. The Hall–Kier alpha value is -2.50. The van der Waals surface area contributed by atoms with Crippen molar-refractivity contribution >= 4 is 28.0 Å². The van der Waals surface area contributed by atoms with Gasteiger partial charge in [-0.25, -0.2) is 4.79 Å². The number of hydrogen-bond donors (Lipinski definition) is 2. The number of ether oxygens (including phenoxy) is 2. The molecule has 1 aromatic carbocycles. The van der Waals surface area contributed by atoms with Gasteiger partial charge in [-0.15, -0.1) is 0 Å². The quantitative estimate of drug-likeness (QED) is 0.174. The van der Waals surface area contributed by atoms with E-state index in [0.29, 0.717) is 12.0 Å². The van der Waals surface area contributed by atoms with Crippen LogP contribution in [-0.4, -0.2) is 56.4 Å². The fraction of sp³-hybridized carbons (Fsp3) is 0.591. The van der Waals surface area contributed by atoms with E-state index < -0.39 is 46.5 Å². The molecule has 11 heteroatoms. The Kier molecular flexibility index (Phi) is 11.5. The van der Waals surface area contributed by atoms with Crippen LogP contribution < -0.4 is 5.32 Å². The summed E-state index contributed by atoms with van der Waals surface area (Å²) in [4.78, 5) is 35.4. The topological polar surface area (TPSA) is 145 Å². The number of amides is 1. The zero-order valence-corrected chi connectivity index (χ0v) is 20.2. The maximum Gasteiger partial charge on any atom is 0.338 e. The summed E-state index contributed by atoms with van der Waals surface area (Å²) < 4.78 is 39.6. The molecule has 0 bridgehead atoms. The van der Waals surface area contributed by atoms with Crippen LogP contribution in [0.25, 0.3) is 0 Å². The molecule has 0 saturated heterocycles. The van der Waals surface area contributed by atoms with Crippen LogP contribution in [0.2, 0.25) is 0 Å². The average Bonchev–Trinajstić information content (AvgIpc) is 2.75. The molecule has 10 nitrogen and oxygen atoms in total. The number of carbonyl (C=O) groups is 3. The molecular weight excluding hydrogens is 454 g/mol. The van der Waals surface area contributed by atoms with Gasteiger partial charge >= 0.3 is 11.9 Å². The Labute approximate surface area is 194 Å². The molecule has 33 heavy (non-hydrogen) atoms. The van der Waals surface area contributed by atoms with Crippen LogP contribution in [0.5, 0.6) is 0 Å². The van der Waals surface area contributed by atoms with Gasteiger partial charge < -0.3 is 19.9 Å². The Bertz CT molecular complexity index is 884. The number of nitrogens with one attached hydrogen (secondary N) is 1. The molecule has 0 aromatic heterocycles. The summed E-state index contributed by atoms with van der Waals surface area (Å²) in [5.74, 6) is -2.27. The lowest BCUT2D eigenvalue weighted by Crippen LogP contribution is -2.42. The van der Waals surface area contributed by atoms with Gasteiger partial charge in [0.25, 0.3) is 16.4 Å². The number of esters is 2. The Morgan fingerprint density at radius 2 is 1.76 bits per heavy atom. The van der Waals surface area contributed by atoms with Gasteiger partial charge in [-0.1, -0.05) is 51.1 Å². The van der Waals surface area contributed by atoms with Crippen LogP contribution in [0.1, 0.15) is 58.8 Å². The summed E-state index contributed by atoms with van der Waals surface area (Å²) in [5, 5.41) is 13.0. The first-order chi connectivity index (χ1) is 15.4. The zero-order valence-electron chi connectivity index (χ0n) is 19.4. The third-order valence-corrected chi connectivity index (χ3v) is 5.77. The molecule has 186 valence electrons. The van der Waals surface area contributed by atoms with Gasteiger partial charge in [0.2, 0.25) is 5.91 Å². The SMILES string of the molecule is CCCC(=O)OC(OC(=O)[C@H](O)C(C)(C)COS(=O)(=O)CCCNC(C)=O)c1ccccc1. The third-order valence-electron chi connectivity index (χ3n) is 4.51. The standard InChI is InChI=1S/C22H33NO9S/c1-5-10-18(25)31-21(17-11-7-6-8-12-17)32-20(27)19(26)22(3,4)15-30-33(28,29)14-9-13-23-16(2)24/h6-8,11-12,19,21,26H,5,9-10,13-15H2,1-4H3,(H,23,24)/t19-,21?/m0/s1. The second kappa shape index (κ2) is 13.3. The zero-order chi connectivity index (χ0) is 25.1. The van der Waals surface area contributed by atoms with Crippen molar-refractivity contribution in [3.8, 4) is 0 Å². The lowest BCUT2D eigenvalue weighted by Gasteiger charge is -2.29. The molecule has 0 saturated carbocycles. The van der Waals surface area contributed by atoms with Crippen LogP contribution in [0.15, 0.2) is 30.3 Å². The molecule has 1 aromatic rings. The van der Waals surface area contributed by atoms with E-state index in [-0.39, 0.29) is 31.0 Å². The van der Waals surface area contributed by atoms with Gasteiger partial charge in [-0.05, 0) is 12.8 Å². The third kappa shape index (κ3) is 10.8. The molecule has 1 rings (SSSR count). The highest BCUT2D eigenvalue weighted by Crippen LogP contribution is 2.27. The summed E-state index contributed by atoms with van der Waals surface area (Å²) in [6.45, 7) is 5.68. The second-order valence-electron chi connectivity index (χ2n) is 8.17. The minimum atomic E-state index is -3.94. The normalized spacial score (nSPS) is 13.6. The van der Waals surface area contributed by atoms with Gasteiger partial charge in [0.15, 0.2) is 6.10 Å². The van der Waals surface area contributed by atoms with Gasteiger partial charge in [-0.3, -0.25) is 13.8 Å². The highest BCUT2D eigenvalue weighted by molar-refractivity contribution is 7.86. The fourth-order valence-corrected chi connectivity index (χ4v) is 3.63. The van der Waals surface area contributed by atoms with Crippen molar-refractivity contribution in [2.75, 3.05) is 18.9 Å². The van der Waals surface area contributed by atoms with Gasteiger partial charge in [0, 0.05) is 30.9 Å². The molecule has 1 amide bonds. The van der Waals surface area contributed by atoms with Crippen LogP contribution in [0.4, 0.5) is 0 Å². The Balaban J connectivity index is 2.76. The minimum absolute atomic E-state index is 0.128. The largest absolute Gasteiger partial charge is 0.421 e. The fourth-order valence-electron chi connectivity index (χ4n) is 2.53. The van der Waals surface area contributed by atoms with Crippen molar-refractivity contribution in [3.63, 3.8) is 0 Å². The predicted octanol–water partition coefficient (Wildman–Crippen LogP) is 1.83. The highest BCUT2D eigenvalue weighted by atomic mass is 32.2. The van der Waals surface area contributed by atoms with E-state index in [1.807, 2.05) is 0 Å². The molecular formula is C22H33NO9S. The van der Waals surface area contributed by atoms with Crippen molar-refractivity contribution in [2.24, 2.45) is 5.41 Å². The van der Waals surface area contributed by atoms with E-state index in [4.69, 9.17) is 13.7 Å². The summed E-state index contributed by atoms with van der Waals surface area (Å²) in [6, 6.07) is 8.29. The number of rotatable bonds is 14. The second-order valence-corrected chi connectivity index (χ2v) is 9.93. The van der Waals surface area contributed by atoms with Gasteiger partial charge in [-0.2, -0.15) is 8.42 Å². The first-order valence-electron chi connectivity index (χ1n) is 10.6. The van der Waals surface area contributed by atoms with Crippen molar-refractivity contribution in [2.45, 2.75) is 59.4 Å². The number of carbonyl (C=O) groups excluding carboxylic acids is 3. The first-order valence-corrected chi connectivity index (χ1v) is 12.2. The van der Waals surface area contributed by atoms with E-state index in [0.717, 1.165) is 0 Å². The molecule has 0 aliphatic carbocycles. The van der Waals surface area contributed by atoms with E-state index in [2.05, 4.69) is 5.32 Å². The number of aliphatic hydroxyl groups is 1. The Morgan fingerprint density at radius 3 is 2.33 bits per heavy atom. The molecule has 0 aliphatic heterocycles. The van der Waals surface area contributed by atoms with Crippen LogP contribution in [0, 0.1) is 5.41 Å². The Morgan fingerprint density at radius 1 is 1.12 bits per heavy atom. The lowest BCUT2D eigenvalue weighted by atomic mass is 9.87. The summed E-state index contributed by atoms with van der Waals surface area (Å²) in [6.07, 6.45) is -2.30. The predicted molar refractivity (Wildman–Crippen MR) is 119 cm³/mol. The molecule has 0 spiro atoms. The van der Waals surface area contributed by atoms with Crippen molar-refractivity contribution in [1.82, 2.24) is 5.32 Å². The van der Waals surface area contributed by atoms with Crippen molar-refractivity contribution in [1.29, 1.82) is 0 Å². The maximum absolute atomic E-state index is 12.6. The monoisotopic (exact) mass is 487 g/mol. The molecule has 1 unspecified atom stereocenters. The van der Waals surface area contributed by atoms with Crippen molar-refractivity contribution < 1.29 is 41.6 Å². The molecule has 0 fully saturated rings. The van der Waals surface area contributed by atoms with Gasteiger partial charge in [0.05, 0.1) is 12.4 Å². The van der Waals surface area contributed by atoms with Crippen LogP contribution in [0.3, 0.4) is 0 Å². The van der Waals surface area contributed by atoms with Crippen LogP contribution in [-0.2, 0) is 38.2 Å². The summed E-state index contributed by atoms with van der Waals surface area (Å²) in [7, 11) is -3.94. The van der Waals surface area contributed by atoms with E-state index >= 15 is 0 Å². The summed E-state index contributed by atoms with van der Waals surface area (Å²) >= 11 is 0. The lowest BCUT2D eigenvalue weighted by molar-refractivity contribution is -0.200. The van der Waals surface area contributed by atoms with Crippen LogP contribution >= 0.6 is 0 Å². The molecule has 0 aliphatic rings. The summed E-state index contributed by atoms with van der Waals surface area (Å²) in [5.41, 5.74) is -0.936. The average molecular weight is 488 g/mol. The molecule has 2 atom stereocenters. The van der Waals surface area contributed by atoms with E-state index in [1.165, 1.54) is 20.8 Å². The molecule has 0 radical (unpaired) electrons. The molecule has 2 N–H and O–H groups in total. The maximum atomic E-state index is 12.6. The van der Waals surface area contributed by atoms with E-state index in [1.54, 1.807) is 37.3 Å². The number of benzene rings is 1. The number of aliphatic hydroxyl groups excluding tert-OH is 1. The molecule has 0 heterocycles. The van der Waals surface area contributed by atoms with Crippen molar-refractivity contribution in [3.05, 3.63) is 35.9 Å². The number of hydrogen-bond acceptors (Lipinski definition) is 9. The van der Waals surface area contributed by atoms with Gasteiger partial charge in [0.1, 0.15) is 0 Å². The minimum Gasteiger partial charge on any atom is -0.421 e. The smallest absolute Gasteiger partial charge is 0.338 e. The van der Waals surface area contributed by atoms with E-state index in [9.17, 15) is 27.9 Å².